The molecule has 1 aromatic rings. The number of unbranched alkanes of at least 4 members (excludes halogenated alkanes) is 7. The molecule has 1 aromatic carbocycles. The van der Waals surface area contributed by atoms with E-state index in [0.717, 1.165) is 49.2 Å². The van der Waals surface area contributed by atoms with Crippen molar-refractivity contribution in [3.8, 4) is 11.5 Å². The topological polar surface area (TPSA) is 85.0 Å². The number of aldehydes is 1. The smallest absolute Gasteiger partial charge is 0.161 e. The standard InChI is InChI=1S/C15H21NO3.C10H20O.CH5N/c17-13(5-8-16-6-1-2-7-16)12-3-4-14-15(11-12)19-10-9-18-14;1-2-3-4-5-6-7-8-9-10-11;1-2/h3-4,11,13,17H,1-2,5-10H2;10H,2-9H2,1H3;2H2,1H3/t13-;;/m1../s1. The van der Waals surface area contributed by atoms with Crippen molar-refractivity contribution in [1.82, 2.24) is 4.90 Å². The van der Waals surface area contributed by atoms with E-state index in [2.05, 4.69) is 17.6 Å². The first-order valence-corrected chi connectivity index (χ1v) is 12.6. The number of rotatable bonds is 12. The highest BCUT2D eigenvalue weighted by Crippen LogP contribution is 2.33. The molecule has 184 valence electrons. The Balaban J connectivity index is 0.000000340. The maximum Gasteiger partial charge on any atom is 0.161 e. The van der Waals surface area contributed by atoms with Crippen LogP contribution in [0.15, 0.2) is 18.2 Å². The van der Waals surface area contributed by atoms with Crippen molar-refractivity contribution in [3.05, 3.63) is 23.8 Å². The minimum absolute atomic E-state index is 0.420. The van der Waals surface area contributed by atoms with Gasteiger partial charge >= 0.3 is 0 Å². The van der Waals surface area contributed by atoms with Gasteiger partial charge in [-0.1, -0.05) is 51.5 Å². The molecule has 0 saturated carbocycles. The summed E-state index contributed by atoms with van der Waals surface area (Å²) >= 11 is 0. The predicted octanol–water partition coefficient (Wildman–Crippen LogP) is 4.88. The maximum absolute atomic E-state index is 10.3. The number of aliphatic hydroxyl groups excluding tert-OH is 1. The zero-order valence-corrected chi connectivity index (χ0v) is 20.4. The highest BCUT2D eigenvalue weighted by atomic mass is 16.6. The van der Waals surface area contributed by atoms with E-state index in [0.29, 0.717) is 13.2 Å². The lowest BCUT2D eigenvalue weighted by molar-refractivity contribution is -0.107. The van der Waals surface area contributed by atoms with E-state index in [1.807, 2.05) is 18.2 Å². The monoisotopic (exact) mass is 450 g/mol. The number of nitrogens with zero attached hydrogens (tertiary/aromatic N) is 1. The number of nitrogens with two attached hydrogens (primary N) is 1. The second-order valence-corrected chi connectivity index (χ2v) is 8.33. The zero-order chi connectivity index (χ0) is 23.4. The van der Waals surface area contributed by atoms with Gasteiger partial charge in [0.2, 0.25) is 0 Å². The summed E-state index contributed by atoms with van der Waals surface area (Å²) in [6.07, 6.45) is 13.8. The van der Waals surface area contributed by atoms with E-state index in [1.165, 1.54) is 71.5 Å². The largest absolute Gasteiger partial charge is 0.486 e. The van der Waals surface area contributed by atoms with Gasteiger partial charge < -0.3 is 30.0 Å². The molecule has 1 saturated heterocycles. The predicted molar refractivity (Wildman–Crippen MR) is 131 cm³/mol. The molecule has 1 atom stereocenters. The number of hydrogen-bond acceptors (Lipinski definition) is 6. The number of hydrogen-bond donors (Lipinski definition) is 2. The zero-order valence-electron chi connectivity index (χ0n) is 20.4. The highest BCUT2D eigenvalue weighted by Gasteiger charge is 2.17. The van der Waals surface area contributed by atoms with Crippen LogP contribution in [0.3, 0.4) is 0 Å². The molecule has 3 rings (SSSR count). The van der Waals surface area contributed by atoms with Gasteiger partial charge in [-0.15, -0.1) is 0 Å². The van der Waals surface area contributed by atoms with Gasteiger partial charge in [-0.3, -0.25) is 0 Å². The Hall–Kier alpha value is -1.63. The first-order valence-electron chi connectivity index (χ1n) is 12.6. The summed E-state index contributed by atoms with van der Waals surface area (Å²) in [5.74, 6) is 1.53. The van der Waals surface area contributed by atoms with Crippen molar-refractivity contribution in [2.24, 2.45) is 5.73 Å². The molecule has 0 spiro atoms. The summed E-state index contributed by atoms with van der Waals surface area (Å²) in [6, 6.07) is 5.73. The molecule has 0 amide bonds. The third kappa shape index (κ3) is 11.8. The molecule has 2 heterocycles. The fourth-order valence-electron chi connectivity index (χ4n) is 3.93. The van der Waals surface area contributed by atoms with Crippen LogP contribution in [0.1, 0.15) is 89.2 Å². The highest BCUT2D eigenvalue weighted by molar-refractivity contribution is 5.48. The van der Waals surface area contributed by atoms with Crippen molar-refractivity contribution in [3.63, 3.8) is 0 Å². The summed E-state index contributed by atoms with van der Waals surface area (Å²) in [6.45, 7) is 6.73. The fraction of sp³-hybridized carbons (Fsp3) is 0.731. The normalized spacial score (nSPS) is 15.8. The van der Waals surface area contributed by atoms with Crippen LogP contribution in [0.25, 0.3) is 0 Å². The average Bonchev–Trinajstić information content (AvgIpc) is 3.37. The number of carbonyl (C=O) groups is 1. The number of aliphatic hydroxyl groups is 1. The fourth-order valence-corrected chi connectivity index (χ4v) is 3.93. The van der Waals surface area contributed by atoms with E-state index < -0.39 is 6.10 Å². The van der Waals surface area contributed by atoms with E-state index in [4.69, 9.17) is 9.47 Å². The summed E-state index contributed by atoms with van der Waals surface area (Å²) in [5.41, 5.74) is 5.42. The molecule has 6 heteroatoms. The molecule has 2 aliphatic rings. The Labute approximate surface area is 195 Å². The number of benzene rings is 1. The van der Waals surface area contributed by atoms with Crippen LogP contribution in [0.2, 0.25) is 0 Å². The molecule has 0 unspecified atom stereocenters. The van der Waals surface area contributed by atoms with Gasteiger partial charge in [0, 0.05) is 13.0 Å². The third-order valence-electron chi connectivity index (χ3n) is 5.79. The quantitative estimate of drug-likeness (QED) is 0.349. The molecule has 0 aliphatic carbocycles. The summed E-state index contributed by atoms with van der Waals surface area (Å²) in [4.78, 5) is 12.4. The van der Waals surface area contributed by atoms with Crippen LogP contribution in [0, 0.1) is 0 Å². The van der Waals surface area contributed by atoms with E-state index in [-0.39, 0.29) is 0 Å². The minimum atomic E-state index is -0.420. The molecule has 0 bridgehead atoms. The van der Waals surface area contributed by atoms with Gasteiger partial charge in [0.05, 0.1) is 6.10 Å². The van der Waals surface area contributed by atoms with Crippen LogP contribution >= 0.6 is 0 Å². The first-order chi connectivity index (χ1) is 15.7. The third-order valence-corrected chi connectivity index (χ3v) is 5.79. The second-order valence-electron chi connectivity index (χ2n) is 8.33. The van der Waals surface area contributed by atoms with Gasteiger partial charge in [0.25, 0.3) is 0 Å². The number of likely N-dealkylation sites (tertiary alicyclic amines) is 1. The van der Waals surface area contributed by atoms with Crippen molar-refractivity contribution in [2.45, 2.75) is 83.7 Å². The number of carbonyl (C=O) groups excluding carboxylic acids is 1. The summed E-state index contributed by atoms with van der Waals surface area (Å²) < 4.78 is 11.0. The Morgan fingerprint density at radius 1 is 1.00 bits per heavy atom. The van der Waals surface area contributed by atoms with Crippen LogP contribution in [0.4, 0.5) is 0 Å². The van der Waals surface area contributed by atoms with Crippen molar-refractivity contribution in [1.29, 1.82) is 0 Å². The van der Waals surface area contributed by atoms with Crippen molar-refractivity contribution < 1.29 is 19.4 Å². The molecular formula is C26H46N2O4. The van der Waals surface area contributed by atoms with Crippen molar-refractivity contribution >= 4 is 6.29 Å². The van der Waals surface area contributed by atoms with Gasteiger partial charge in [-0.05, 0) is 63.5 Å². The van der Waals surface area contributed by atoms with Gasteiger partial charge in [-0.25, -0.2) is 0 Å². The van der Waals surface area contributed by atoms with Gasteiger partial charge in [-0.2, -0.15) is 0 Å². The molecule has 3 N–H and O–H groups in total. The average molecular weight is 451 g/mol. The lowest BCUT2D eigenvalue weighted by Gasteiger charge is -2.21. The van der Waals surface area contributed by atoms with Crippen molar-refractivity contribution in [2.75, 3.05) is 39.9 Å². The van der Waals surface area contributed by atoms with E-state index >= 15 is 0 Å². The van der Waals surface area contributed by atoms with Crippen LogP contribution in [-0.2, 0) is 4.79 Å². The van der Waals surface area contributed by atoms with E-state index in [9.17, 15) is 9.90 Å². The molecule has 0 radical (unpaired) electrons. The molecular weight excluding hydrogens is 404 g/mol. The molecule has 32 heavy (non-hydrogen) atoms. The van der Waals surface area contributed by atoms with Crippen LogP contribution in [-0.4, -0.2) is 56.2 Å². The second kappa shape index (κ2) is 18.9. The maximum atomic E-state index is 10.3. The van der Waals surface area contributed by atoms with E-state index in [1.54, 1.807) is 0 Å². The van der Waals surface area contributed by atoms with Crippen LogP contribution in [0.5, 0.6) is 11.5 Å². The van der Waals surface area contributed by atoms with Gasteiger partial charge in [0.1, 0.15) is 19.5 Å². The Morgan fingerprint density at radius 2 is 1.62 bits per heavy atom. The molecule has 6 nitrogen and oxygen atoms in total. The lowest BCUT2D eigenvalue weighted by atomic mass is 10.1. The molecule has 0 aromatic heterocycles. The molecule has 2 aliphatic heterocycles. The SMILES string of the molecule is CCCCCCCCCC=O.CN.O[C@H](CCN1CCCC1)c1ccc2c(c1)OCCO2. The lowest BCUT2D eigenvalue weighted by Crippen LogP contribution is -2.22. The summed E-state index contributed by atoms with van der Waals surface area (Å²) in [7, 11) is 1.50. The Morgan fingerprint density at radius 3 is 2.28 bits per heavy atom. The van der Waals surface area contributed by atoms with Crippen LogP contribution < -0.4 is 15.2 Å². The Kier molecular flexibility index (Phi) is 16.8. The first kappa shape index (κ1) is 28.4. The Bertz CT molecular complexity index is 591. The minimum Gasteiger partial charge on any atom is -0.486 e. The number of ether oxygens (including phenoxy) is 2. The molecule has 1 fully saturated rings. The van der Waals surface area contributed by atoms with Gasteiger partial charge in [0.15, 0.2) is 11.5 Å². The summed E-state index contributed by atoms with van der Waals surface area (Å²) in [5, 5.41) is 10.3. The number of fused-ring (bicyclic) bond motifs is 1.